The molecule has 168 valence electrons. The number of imidazole rings is 1. The number of carboxylic acid groups (broad SMARTS) is 1. The summed E-state index contributed by atoms with van der Waals surface area (Å²) in [6.45, 7) is 3.47. The van der Waals surface area contributed by atoms with Gasteiger partial charge in [-0.2, -0.15) is 0 Å². The largest absolute Gasteiger partial charge is 0.465 e. The van der Waals surface area contributed by atoms with Crippen LogP contribution in [-0.2, 0) is 6.54 Å². The summed E-state index contributed by atoms with van der Waals surface area (Å²) in [5.74, 6) is 0.788. The molecule has 1 saturated heterocycles. The average molecular weight is 438 g/mol. The number of nitro groups is 1. The van der Waals surface area contributed by atoms with Gasteiger partial charge in [0, 0.05) is 44.4 Å². The van der Waals surface area contributed by atoms with Crippen molar-refractivity contribution in [3.05, 3.63) is 64.2 Å². The van der Waals surface area contributed by atoms with Crippen LogP contribution in [0.1, 0.15) is 18.4 Å². The molecule has 0 aliphatic carbocycles. The molecule has 32 heavy (non-hydrogen) atoms. The topological polar surface area (TPSA) is 126 Å². The van der Waals surface area contributed by atoms with Gasteiger partial charge in [0.2, 0.25) is 5.95 Å². The van der Waals surface area contributed by atoms with E-state index in [0.29, 0.717) is 19.6 Å². The van der Waals surface area contributed by atoms with Crippen molar-refractivity contribution in [2.45, 2.75) is 25.4 Å². The highest BCUT2D eigenvalue weighted by molar-refractivity contribution is 5.78. The van der Waals surface area contributed by atoms with E-state index in [9.17, 15) is 14.9 Å². The Balaban J connectivity index is 1.45. The van der Waals surface area contributed by atoms with Crippen molar-refractivity contribution in [1.29, 1.82) is 0 Å². The van der Waals surface area contributed by atoms with Crippen molar-refractivity contribution in [3.63, 3.8) is 0 Å². The lowest BCUT2D eigenvalue weighted by molar-refractivity contribution is -0.384. The number of rotatable bonds is 8. The molecule has 1 aliphatic heterocycles. The quantitative estimate of drug-likeness (QED) is 0.364. The number of para-hydroxylation sites is 2. The van der Waals surface area contributed by atoms with Gasteiger partial charge < -0.3 is 25.2 Å². The zero-order chi connectivity index (χ0) is 22.5. The number of hydrogen-bond acceptors (Lipinski definition) is 6. The average Bonchev–Trinajstić information content (AvgIpc) is 3.12. The molecule has 3 aromatic rings. The lowest BCUT2D eigenvalue weighted by atomic mass is 10.1. The molecule has 0 radical (unpaired) electrons. The maximum absolute atomic E-state index is 10.9. The Kier molecular flexibility index (Phi) is 6.50. The summed E-state index contributed by atoms with van der Waals surface area (Å²) < 4.78 is 2.11. The van der Waals surface area contributed by atoms with Crippen LogP contribution in [-0.4, -0.2) is 62.8 Å². The highest BCUT2D eigenvalue weighted by Crippen LogP contribution is 2.24. The van der Waals surface area contributed by atoms with Crippen LogP contribution < -0.4 is 10.6 Å². The molecule has 1 aliphatic rings. The third-order valence-electron chi connectivity index (χ3n) is 5.77. The van der Waals surface area contributed by atoms with Crippen LogP contribution >= 0.6 is 0 Å². The van der Waals surface area contributed by atoms with Crippen molar-refractivity contribution in [2.24, 2.45) is 0 Å². The standard InChI is InChI=1S/C22H26N6O4/c29-22(30)23-11-14-26-12-9-17(10-13-26)24-21-25-19-3-1-2-4-20(19)27(21)15-16-5-7-18(8-6-16)28(31)32/h1-8,17,23H,9-15H2,(H,24,25)(H,29,30). The van der Waals surface area contributed by atoms with Crippen LogP contribution in [0, 0.1) is 10.1 Å². The monoisotopic (exact) mass is 438 g/mol. The molecular formula is C22H26N6O4. The molecule has 0 spiro atoms. The van der Waals surface area contributed by atoms with Gasteiger partial charge in [0.25, 0.3) is 5.69 Å². The number of nitrogens with zero attached hydrogens (tertiary/aromatic N) is 4. The van der Waals surface area contributed by atoms with E-state index in [-0.39, 0.29) is 11.7 Å². The van der Waals surface area contributed by atoms with Crippen molar-refractivity contribution >= 4 is 28.8 Å². The first-order valence-electron chi connectivity index (χ1n) is 10.6. The number of nitrogens with one attached hydrogen (secondary N) is 2. The van der Waals surface area contributed by atoms with Gasteiger partial charge in [-0.25, -0.2) is 9.78 Å². The zero-order valence-corrected chi connectivity index (χ0v) is 17.6. The van der Waals surface area contributed by atoms with E-state index in [1.165, 1.54) is 12.1 Å². The number of carbonyl (C=O) groups is 1. The number of aromatic nitrogens is 2. The normalized spacial score (nSPS) is 15.0. The van der Waals surface area contributed by atoms with Gasteiger partial charge in [0.05, 0.1) is 22.5 Å². The summed E-state index contributed by atoms with van der Waals surface area (Å²) in [6.07, 6.45) is 0.884. The number of likely N-dealkylation sites (tertiary alicyclic amines) is 1. The lowest BCUT2D eigenvalue weighted by Crippen LogP contribution is -2.42. The predicted octanol–water partition coefficient (Wildman–Crippen LogP) is 3.14. The summed E-state index contributed by atoms with van der Waals surface area (Å²) >= 11 is 0. The highest BCUT2D eigenvalue weighted by atomic mass is 16.6. The maximum Gasteiger partial charge on any atom is 0.404 e. The maximum atomic E-state index is 10.9. The molecule has 0 unspecified atom stereocenters. The van der Waals surface area contributed by atoms with Gasteiger partial charge in [-0.15, -0.1) is 0 Å². The molecule has 10 heteroatoms. The minimum Gasteiger partial charge on any atom is -0.465 e. The fraction of sp³-hybridized carbons (Fsp3) is 0.364. The molecule has 2 heterocycles. The number of fused-ring (bicyclic) bond motifs is 1. The summed E-state index contributed by atoms with van der Waals surface area (Å²) in [7, 11) is 0. The summed E-state index contributed by atoms with van der Waals surface area (Å²) in [5, 5.41) is 25.6. The number of hydrogen-bond donors (Lipinski definition) is 3. The number of piperidine rings is 1. The zero-order valence-electron chi connectivity index (χ0n) is 17.6. The summed E-state index contributed by atoms with van der Waals surface area (Å²) in [5.41, 5.74) is 2.94. The summed E-state index contributed by atoms with van der Waals surface area (Å²) in [4.78, 5) is 28.2. The van der Waals surface area contributed by atoms with Gasteiger partial charge >= 0.3 is 6.09 Å². The number of nitro benzene ring substituents is 1. The van der Waals surface area contributed by atoms with Crippen molar-refractivity contribution in [1.82, 2.24) is 19.8 Å². The van der Waals surface area contributed by atoms with Crippen LogP contribution in [0.5, 0.6) is 0 Å². The predicted molar refractivity (Wildman–Crippen MR) is 121 cm³/mol. The Hall–Kier alpha value is -3.66. The molecule has 1 aromatic heterocycles. The second-order valence-electron chi connectivity index (χ2n) is 7.93. The molecule has 2 aromatic carbocycles. The number of non-ortho nitro benzene ring substituents is 1. The first-order valence-corrected chi connectivity index (χ1v) is 10.6. The van der Waals surface area contributed by atoms with E-state index >= 15 is 0 Å². The molecule has 3 N–H and O–H groups in total. The number of amides is 1. The minimum absolute atomic E-state index is 0.0768. The van der Waals surface area contributed by atoms with Crippen LogP contribution in [0.2, 0.25) is 0 Å². The van der Waals surface area contributed by atoms with Crippen LogP contribution in [0.4, 0.5) is 16.4 Å². The molecule has 1 amide bonds. The van der Waals surface area contributed by atoms with E-state index in [1.807, 2.05) is 24.3 Å². The lowest BCUT2D eigenvalue weighted by Gasteiger charge is -2.32. The van der Waals surface area contributed by atoms with E-state index in [1.54, 1.807) is 12.1 Å². The molecule has 0 saturated carbocycles. The van der Waals surface area contributed by atoms with Crippen LogP contribution in [0.15, 0.2) is 48.5 Å². The third-order valence-corrected chi connectivity index (χ3v) is 5.77. The van der Waals surface area contributed by atoms with Gasteiger partial charge in [0.1, 0.15) is 0 Å². The van der Waals surface area contributed by atoms with Crippen LogP contribution in [0.25, 0.3) is 11.0 Å². The van der Waals surface area contributed by atoms with E-state index in [0.717, 1.165) is 48.5 Å². The Bertz CT molecular complexity index is 1090. The van der Waals surface area contributed by atoms with Gasteiger partial charge in [-0.05, 0) is 30.5 Å². The second-order valence-corrected chi connectivity index (χ2v) is 7.93. The Morgan fingerprint density at radius 1 is 1.16 bits per heavy atom. The Morgan fingerprint density at radius 2 is 1.88 bits per heavy atom. The molecule has 4 rings (SSSR count). The summed E-state index contributed by atoms with van der Waals surface area (Å²) in [6, 6.07) is 14.8. The fourth-order valence-electron chi connectivity index (χ4n) is 4.06. The molecular weight excluding hydrogens is 412 g/mol. The Morgan fingerprint density at radius 3 is 2.56 bits per heavy atom. The van der Waals surface area contributed by atoms with E-state index in [2.05, 4.69) is 20.1 Å². The first-order chi connectivity index (χ1) is 15.5. The SMILES string of the molecule is O=C(O)NCCN1CCC(Nc2nc3ccccc3n2Cc2ccc([N+](=O)[O-])cc2)CC1. The van der Waals surface area contributed by atoms with Crippen molar-refractivity contribution in [2.75, 3.05) is 31.5 Å². The van der Waals surface area contributed by atoms with Gasteiger partial charge in [-0.1, -0.05) is 24.3 Å². The highest BCUT2D eigenvalue weighted by Gasteiger charge is 2.21. The second kappa shape index (κ2) is 9.65. The van der Waals surface area contributed by atoms with Crippen LogP contribution in [0.3, 0.4) is 0 Å². The number of benzene rings is 2. The van der Waals surface area contributed by atoms with Crippen molar-refractivity contribution in [3.8, 4) is 0 Å². The Labute approximate surface area is 185 Å². The van der Waals surface area contributed by atoms with E-state index in [4.69, 9.17) is 10.1 Å². The number of anilines is 1. The molecule has 10 nitrogen and oxygen atoms in total. The molecule has 0 bridgehead atoms. The van der Waals surface area contributed by atoms with E-state index < -0.39 is 11.0 Å². The molecule has 0 atom stereocenters. The van der Waals surface area contributed by atoms with Gasteiger partial charge in [0.15, 0.2) is 0 Å². The fourth-order valence-corrected chi connectivity index (χ4v) is 4.06. The van der Waals surface area contributed by atoms with Gasteiger partial charge in [-0.3, -0.25) is 10.1 Å². The first kappa shape index (κ1) is 21.6. The van der Waals surface area contributed by atoms with Crippen molar-refractivity contribution < 1.29 is 14.8 Å². The third kappa shape index (κ3) is 5.14. The molecule has 1 fully saturated rings. The smallest absolute Gasteiger partial charge is 0.404 e. The minimum atomic E-state index is -0.992.